The van der Waals surface area contributed by atoms with Crippen LogP contribution in [-0.2, 0) is 10.0 Å². The molecule has 0 saturated carbocycles. The van der Waals surface area contributed by atoms with Crippen LogP contribution in [0.25, 0.3) is 11.3 Å². The first kappa shape index (κ1) is 30.5. The summed E-state index contributed by atoms with van der Waals surface area (Å²) < 4.78 is 35.9. The maximum atomic E-state index is 14.2. The molecule has 2 aromatic carbocycles. The monoisotopic (exact) mass is 579 g/mol. The van der Waals surface area contributed by atoms with Gasteiger partial charge in [0, 0.05) is 30.3 Å². The standard InChI is InChI=1S/C31H41N5O4S/c1-7-9-16-35(8-2)36-25(17-21(3)4)20-40-28-19-27(29-22(5)12-10-13-23(29)6)32-31(33-28)34-41(38,39)26-15-11-14-24(18-26)30(36)37/h10-15,18-19,21,25H,7-9,16-17,20H2,1-6H3,(H,32,33,34)/t25-/m1/s1. The molecule has 10 heteroatoms. The van der Waals surface area contributed by atoms with E-state index in [1.54, 1.807) is 23.2 Å². The van der Waals surface area contributed by atoms with E-state index in [2.05, 4.69) is 40.5 Å². The van der Waals surface area contributed by atoms with E-state index in [9.17, 15) is 13.2 Å². The number of sulfonamides is 1. The Bertz CT molecular complexity index is 1470. The van der Waals surface area contributed by atoms with Gasteiger partial charge in [0.2, 0.25) is 11.8 Å². The number of benzene rings is 2. The number of rotatable bonds is 8. The largest absolute Gasteiger partial charge is 0.475 e. The summed E-state index contributed by atoms with van der Waals surface area (Å²) in [4.78, 5) is 23.2. The zero-order valence-electron chi connectivity index (χ0n) is 24.8. The predicted octanol–water partition coefficient (Wildman–Crippen LogP) is 5.85. The molecule has 0 spiro atoms. The first-order valence-electron chi connectivity index (χ1n) is 14.3. The maximum Gasteiger partial charge on any atom is 0.268 e. The third kappa shape index (κ3) is 7.05. The molecule has 0 unspecified atom stereocenters. The topological polar surface area (TPSA) is 105 Å². The highest BCUT2D eigenvalue weighted by Gasteiger charge is 2.32. The summed E-state index contributed by atoms with van der Waals surface area (Å²) in [5, 5.41) is 3.83. The van der Waals surface area contributed by atoms with Crippen LogP contribution in [0.2, 0.25) is 0 Å². The second-order valence-corrected chi connectivity index (χ2v) is 12.6. The van der Waals surface area contributed by atoms with Gasteiger partial charge in [-0.2, -0.15) is 4.98 Å². The summed E-state index contributed by atoms with van der Waals surface area (Å²) in [5.74, 6) is 0.159. The Morgan fingerprint density at radius 2 is 1.78 bits per heavy atom. The van der Waals surface area contributed by atoms with Crippen LogP contribution in [-0.4, -0.2) is 60.0 Å². The van der Waals surface area contributed by atoms with Gasteiger partial charge in [-0.05, 0) is 61.9 Å². The Morgan fingerprint density at radius 1 is 1.07 bits per heavy atom. The molecule has 1 aromatic heterocycles. The van der Waals surface area contributed by atoms with E-state index in [-0.39, 0.29) is 41.2 Å². The highest BCUT2D eigenvalue weighted by molar-refractivity contribution is 7.92. The lowest BCUT2D eigenvalue weighted by Gasteiger charge is -2.40. The molecular weight excluding hydrogens is 538 g/mol. The molecule has 0 fully saturated rings. The number of carbonyl (C=O) groups excluding carboxylic acids is 1. The summed E-state index contributed by atoms with van der Waals surface area (Å²) in [7, 11) is -4.11. The van der Waals surface area contributed by atoms with Gasteiger partial charge in [-0.3, -0.25) is 9.80 Å². The van der Waals surface area contributed by atoms with E-state index in [0.717, 1.165) is 29.5 Å². The molecule has 1 atom stereocenters. The van der Waals surface area contributed by atoms with Crippen LogP contribution < -0.4 is 9.46 Å². The normalized spacial score (nSPS) is 16.9. The molecule has 4 bridgehead atoms. The summed E-state index contributed by atoms with van der Waals surface area (Å²) in [5.41, 5.74) is 3.73. The third-order valence-electron chi connectivity index (χ3n) is 7.22. The van der Waals surface area contributed by atoms with Gasteiger partial charge >= 0.3 is 0 Å². The molecule has 3 aromatic rings. The number of hydrazine groups is 1. The molecule has 0 aliphatic carbocycles. The number of ether oxygens (including phenoxy) is 1. The molecule has 1 aliphatic heterocycles. The number of carbonyl (C=O) groups is 1. The average Bonchev–Trinajstić information content (AvgIpc) is 2.92. The molecular formula is C31H41N5O4S. The molecule has 1 amide bonds. The number of nitrogens with zero attached hydrogens (tertiary/aromatic N) is 4. The van der Waals surface area contributed by atoms with Crippen LogP contribution in [0.15, 0.2) is 53.4 Å². The van der Waals surface area contributed by atoms with Crippen molar-refractivity contribution >= 4 is 21.9 Å². The van der Waals surface area contributed by atoms with Crippen molar-refractivity contribution in [2.45, 2.75) is 71.7 Å². The SMILES string of the molecule is CCCCN(CC)N1C(=O)c2cccc(c2)S(=O)(=O)Nc2nc(cc(-c3c(C)cccc3C)n2)OC[C@H]1CC(C)C. The van der Waals surface area contributed by atoms with Crippen molar-refractivity contribution < 1.29 is 17.9 Å². The van der Waals surface area contributed by atoms with E-state index in [4.69, 9.17) is 4.74 Å². The molecule has 2 heterocycles. The molecule has 1 aliphatic rings. The Labute approximate surface area is 244 Å². The fraction of sp³-hybridized carbons (Fsp3) is 0.452. The van der Waals surface area contributed by atoms with E-state index >= 15 is 0 Å². The average molecular weight is 580 g/mol. The van der Waals surface area contributed by atoms with E-state index in [1.807, 2.05) is 39.0 Å². The fourth-order valence-electron chi connectivity index (χ4n) is 5.25. The van der Waals surface area contributed by atoms with Crippen molar-refractivity contribution in [2.24, 2.45) is 5.92 Å². The van der Waals surface area contributed by atoms with Crippen molar-refractivity contribution in [1.29, 1.82) is 0 Å². The maximum absolute atomic E-state index is 14.2. The van der Waals surface area contributed by atoms with Crippen molar-refractivity contribution in [2.75, 3.05) is 24.4 Å². The zero-order chi connectivity index (χ0) is 29.7. The Balaban J connectivity index is 1.91. The van der Waals surface area contributed by atoms with Crippen molar-refractivity contribution in [1.82, 2.24) is 20.0 Å². The minimum atomic E-state index is -4.11. The highest BCUT2D eigenvalue weighted by Crippen LogP contribution is 2.30. The van der Waals surface area contributed by atoms with Crippen molar-refractivity contribution in [3.63, 3.8) is 0 Å². The third-order valence-corrected chi connectivity index (χ3v) is 8.54. The summed E-state index contributed by atoms with van der Waals surface area (Å²) in [6.07, 6.45) is 2.58. The summed E-state index contributed by atoms with van der Waals surface area (Å²) >= 11 is 0. The summed E-state index contributed by atoms with van der Waals surface area (Å²) in [6.45, 7) is 13.8. The fourth-order valence-corrected chi connectivity index (χ4v) is 6.24. The minimum absolute atomic E-state index is 0.0388. The van der Waals surface area contributed by atoms with E-state index in [0.29, 0.717) is 30.8 Å². The first-order valence-corrected chi connectivity index (χ1v) is 15.8. The number of hydrogen-bond acceptors (Lipinski definition) is 7. The second-order valence-electron chi connectivity index (χ2n) is 11.0. The number of fused-ring (bicyclic) bond motifs is 4. The van der Waals surface area contributed by atoms with Gasteiger partial charge < -0.3 is 4.74 Å². The van der Waals surface area contributed by atoms with Crippen molar-refractivity contribution in [3.05, 3.63) is 65.2 Å². The lowest BCUT2D eigenvalue weighted by molar-refractivity contribution is -0.0499. The van der Waals surface area contributed by atoms with E-state index in [1.165, 1.54) is 12.1 Å². The quantitative estimate of drug-likeness (QED) is 0.357. The lowest BCUT2D eigenvalue weighted by Crippen LogP contribution is -2.54. The van der Waals surface area contributed by atoms with Crippen LogP contribution in [0.3, 0.4) is 0 Å². The van der Waals surface area contributed by atoms with Crippen LogP contribution in [0.4, 0.5) is 5.95 Å². The van der Waals surface area contributed by atoms with Gasteiger partial charge in [0.1, 0.15) is 6.61 Å². The number of nitrogens with one attached hydrogen (secondary N) is 1. The van der Waals surface area contributed by atoms with Gasteiger partial charge in [0.15, 0.2) is 0 Å². The summed E-state index contributed by atoms with van der Waals surface area (Å²) in [6, 6.07) is 13.5. The molecule has 0 saturated heterocycles. The number of aryl methyl sites for hydroxylation is 2. The van der Waals surface area contributed by atoms with Crippen LogP contribution in [0.5, 0.6) is 5.88 Å². The Morgan fingerprint density at radius 3 is 2.44 bits per heavy atom. The number of aromatic nitrogens is 2. The van der Waals surface area contributed by atoms with Gasteiger partial charge in [0.05, 0.1) is 16.6 Å². The number of unbranched alkanes of at least 4 members (excludes halogenated alkanes) is 1. The minimum Gasteiger partial charge on any atom is -0.475 e. The highest BCUT2D eigenvalue weighted by atomic mass is 32.2. The van der Waals surface area contributed by atoms with Gasteiger partial charge in [0.25, 0.3) is 15.9 Å². The molecule has 9 nitrogen and oxygen atoms in total. The number of amides is 1. The number of anilines is 1. The predicted molar refractivity (Wildman–Crippen MR) is 161 cm³/mol. The van der Waals surface area contributed by atoms with E-state index < -0.39 is 10.0 Å². The molecule has 1 N–H and O–H groups in total. The second kappa shape index (κ2) is 13.0. The van der Waals surface area contributed by atoms with Crippen molar-refractivity contribution in [3.8, 4) is 17.1 Å². The van der Waals surface area contributed by atoms with Crippen LogP contribution >= 0.6 is 0 Å². The Hall–Kier alpha value is -3.50. The van der Waals surface area contributed by atoms with Crippen LogP contribution in [0, 0.1) is 19.8 Å². The molecule has 0 radical (unpaired) electrons. The number of hydrogen-bond donors (Lipinski definition) is 1. The van der Waals surface area contributed by atoms with Gasteiger partial charge in [-0.25, -0.2) is 23.1 Å². The molecule has 4 rings (SSSR count). The molecule has 220 valence electrons. The molecule has 41 heavy (non-hydrogen) atoms. The van der Waals surface area contributed by atoms with Gasteiger partial charge in [-0.1, -0.05) is 58.4 Å². The van der Waals surface area contributed by atoms with Gasteiger partial charge in [-0.15, -0.1) is 0 Å². The lowest BCUT2D eigenvalue weighted by atomic mass is 10.00. The first-order chi connectivity index (χ1) is 19.5. The Kier molecular flexibility index (Phi) is 9.65. The zero-order valence-corrected chi connectivity index (χ0v) is 25.7. The van der Waals surface area contributed by atoms with Crippen LogP contribution in [0.1, 0.15) is 68.4 Å². The smallest absolute Gasteiger partial charge is 0.268 e.